The maximum Gasteiger partial charge on any atom is 0.258 e. The standard InChI is InChI=1S/C13H15N5O/c1-8(2)10-6-9(7-11(14)17-10)12(19)18-13-15-4-3-5-16-13/h3-8H,1-2H3,(H2,14,17)(H,15,16,18,19). The van der Waals surface area contributed by atoms with E-state index in [0.717, 1.165) is 5.69 Å². The average Bonchev–Trinajstić information content (AvgIpc) is 2.39. The van der Waals surface area contributed by atoms with Crippen molar-refractivity contribution < 1.29 is 4.79 Å². The zero-order valence-electron chi connectivity index (χ0n) is 10.8. The Morgan fingerprint density at radius 2 is 1.95 bits per heavy atom. The zero-order valence-corrected chi connectivity index (χ0v) is 10.8. The molecule has 0 aliphatic heterocycles. The minimum absolute atomic E-state index is 0.197. The predicted octanol–water partition coefficient (Wildman–Crippen LogP) is 1.83. The van der Waals surface area contributed by atoms with Gasteiger partial charge in [-0.15, -0.1) is 0 Å². The van der Waals surface area contributed by atoms with Gasteiger partial charge in [0.25, 0.3) is 5.91 Å². The van der Waals surface area contributed by atoms with Crippen LogP contribution in [0.4, 0.5) is 11.8 Å². The Morgan fingerprint density at radius 1 is 1.26 bits per heavy atom. The Labute approximate surface area is 111 Å². The van der Waals surface area contributed by atoms with Gasteiger partial charge in [0.05, 0.1) is 0 Å². The maximum absolute atomic E-state index is 12.1. The van der Waals surface area contributed by atoms with Crippen molar-refractivity contribution in [2.24, 2.45) is 0 Å². The normalized spacial score (nSPS) is 10.5. The molecule has 0 aromatic carbocycles. The van der Waals surface area contributed by atoms with E-state index in [0.29, 0.717) is 11.4 Å². The maximum atomic E-state index is 12.1. The number of nitrogens with zero attached hydrogens (tertiary/aromatic N) is 3. The van der Waals surface area contributed by atoms with Gasteiger partial charge in [0, 0.05) is 23.7 Å². The molecule has 0 saturated heterocycles. The molecule has 0 spiro atoms. The average molecular weight is 257 g/mol. The second kappa shape index (κ2) is 5.43. The monoisotopic (exact) mass is 257 g/mol. The highest BCUT2D eigenvalue weighted by Crippen LogP contribution is 2.16. The predicted molar refractivity (Wildman–Crippen MR) is 72.7 cm³/mol. The summed E-state index contributed by atoms with van der Waals surface area (Å²) in [4.78, 5) is 24.1. The number of carbonyl (C=O) groups excluding carboxylic acids is 1. The van der Waals surface area contributed by atoms with E-state index < -0.39 is 0 Å². The summed E-state index contributed by atoms with van der Waals surface area (Å²) in [7, 11) is 0. The van der Waals surface area contributed by atoms with Gasteiger partial charge in [0.15, 0.2) is 0 Å². The molecule has 2 aromatic rings. The topological polar surface area (TPSA) is 93.8 Å². The Balaban J connectivity index is 2.24. The molecule has 0 bridgehead atoms. The molecule has 0 atom stereocenters. The van der Waals surface area contributed by atoms with Crippen molar-refractivity contribution in [2.75, 3.05) is 11.1 Å². The van der Waals surface area contributed by atoms with Crippen LogP contribution in [0.15, 0.2) is 30.6 Å². The molecule has 2 aromatic heterocycles. The number of anilines is 2. The highest BCUT2D eigenvalue weighted by atomic mass is 16.1. The zero-order chi connectivity index (χ0) is 13.8. The minimum Gasteiger partial charge on any atom is -0.384 e. The number of rotatable bonds is 3. The van der Waals surface area contributed by atoms with E-state index in [4.69, 9.17) is 5.73 Å². The third-order valence-electron chi connectivity index (χ3n) is 2.51. The molecule has 1 amide bonds. The molecule has 3 N–H and O–H groups in total. The van der Waals surface area contributed by atoms with Gasteiger partial charge >= 0.3 is 0 Å². The van der Waals surface area contributed by atoms with Crippen molar-refractivity contribution in [3.63, 3.8) is 0 Å². The molecular formula is C13H15N5O. The minimum atomic E-state index is -0.304. The number of nitrogens with one attached hydrogen (secondary N) is 1. The lowest BCUT2D eigenvalue weighted by molar-refractivity contribution is 0.102. The number of nitrogens with two attached hydrogens (primary N) is 1. The van der Waals surface area contributed by atoms with E-state index in [1.165, 1.54) is 6.07 Å². The van der Waals surface area contributed by atoms with Crippen molar-refractivity contribution in [1.82, 2.24) is 15.0 Å². The van der Waals surface area contributed by atoms with E-state index >= 15 is 0 Å². The van der Waals surface area contributed by atoms with Crippen molar-refractivity contribution in [3.8, 4) is 0 Å². The summed E-state index contributed by atoms with van der Waals surface area (Å²) in [6.45, 7) is 3.98. The van der Waals surface area contributed by atoms with Crippen LogP contribution in [0.1, 0.15) is 35.8 Å². The van der Waals surface area contributed by atoms with Crippen LogP contribution in [0.25, 0.3) is 0 Å². The summed E-state index contributed by atoms with van der Waals surface area (Å²) in [5.41, 5.74) is 6.93. The van der Waals surface area contributed by atoms with Crippen LogP contribution in [0.3, 0.4) is 0 Å². The van der Waals surface area contributed by atoms with E-state index in [-0.39, 0.29) is 17.8 Å². The molecule has 0 aliphatic rings. The van der Waals surface area contributed by atoms with Crippen molar-refractivity contribution in [3.05, 3.63) is 41.9 Å². The SMILES string of the molecule is CC(C)c1cc(C(=O)Nc2ncccn2)cc(N)n1. The second-order valence-corrected chi connectivity index (χ2v) is 4.39. The number of aromatic nitrogens is 3. The number of pyridine rings is 1. The lowest BCUT2D eigenvalue weighted by atomic mass is 10.1. The lowest BCUT2D eigenvalue weighted by Gasteiger charge is -2.09. The highest BCUT2D eigenvalue weighted by molar-refractivity contribution is 6.03. The first-order chi connectivity index (χ1) is 9.06. The van der Waals surface area contributed by atoms with Gasteiger partial charge in [0.2, 0.25) is 5.95 Å². The van der Waals surface area contributed by atoms with Crippen LogP contribution >= 0.6 is 0 Å². The second-order valence-electron chi connectivity index (χ2n) is 4.39. The third-order valence-corrected chi connectivity index (χ3v) is 2.51. The molecule has 0 fully saturated rings. The molecule has 0 radical (unpaired) electrons. The quantitative estimate of drug-likeness (QED) is 0.874. The molecule has 6 nitrogen and oxygen atoms in total. The van der Waals surface area contributed by atoms with E-state index in [1.807, 2.05) is 13.8 Å². The first kappa shape index (κ1) is 12.9. The van der Waals surface area contributed by atoms with Crippen LogP contribution < -0.4 is 11.1 Å². The Kier molecular flexibility index (Phi) is 3.70. The van der Waals surface area contributed by atoms with Crippen molar-refractivity contribution >= 4 is 17.7 Å². The smallest absolute Gasteiger partial charge is 0.258 e. The van der Waals surface area contributed by atoms with Gasteiger partial charge in [-0.3, -0.25) is 10.1 Å². The Hall–Kier alpha value is -2.50. The van der Waals surface area contributed by atoms with Gasteiger partial charge in [-0.05, 0) is 24.1 Å². The van der Waals surface area contributed by atoms with Crippen LogP contribution in [0, 0.1) is 0 Å². The molecule has 6 heteroatoms. The summed E-state index contributed by atoms with van der Waals surface area (Å²) in [5, 5.41) is 2.61. The lowest BCUT2D eigenvalue weighted by Crippen LogP contribution is -2.15. The number of hydrogen-bond donors (Lipinski definition) is 2. The Bertz CT molecular complexity index is 583. The molecule has 19 heavy (non-hydrogen) atoms. The fraction of sp³-hybridized carbons (Fsp3) is 0.231. The summed E-state index contributed by atoms with van der Waals surface area (Å²) in [5.74, 6) is 0.476. The van der Waals surface area contributed by atoms with Gasteiger partial charge in [0.1, 0.15) is 5.82 Å². The largest absolute Gasteiger partial charge is 0.384 e. The fourth-order valence-electron chi connectivity index (χ4n) is 1.54. The van der Waals surface area contributed by atoms with Crippen LogP contribution in [0.5, 0.6) is 0 Å². The number of carbonyl (C=O) groups is 1. The molecule has 98 valence electrons. The number of amides is 1. The first-order valence-corrected chi connectivity index (χ1v) is 5.92. The van der Waals surface area contributed by atoms with Gasteiger partial charge in [-0.1, -0.05) is 13.8 Å². The van der Waals surface area contributed by atoms with Crippen LogP contribution in [-0.4, -0.2) is 20.9 Å². The molecule has 0 saturated carbocycles. The van der Waals surface area contributed by atoms with E-state index in [9.17, 15) is 4.79 Å². The van der Waals surface area contributed by atoms with Crippen molar-refractivity contribution in [1.29, 1.82) is 0 Å². The molecule has 0 aliphatic carbocycles. The van der Waals surface area contributed by atoms with Gasteiger partial charge in [-0.2, -0.15) is 0 Å². The van der Waals surface area contributed by atoms with Crippen LogP contribution in [0.2, 0.25) is 0 Å². The summed E-state index contributed by atoms with van der Waals surface area (Å²) in [6.07, 6.45) is 3.12. The van der Waals surface area contributed by atoms with Gasteiger partial charge in [-0.25, -0.2) is 15.0 Å². The summed E-state index contributed by atoms with van der Waals surface area (Å²) < 4.78 is 0. The van der Waals surface area contributed by atoms with E-state index in [2.05, 4.69) is 20.3 Å². The Morgan fingerprint density at radius 3 is 2.58 bits per heavy atom. The fourth-order valence-corrected chi connectivity index (χ4v) is 1.54. The summed E-state index contributed by atoms with van der Waals surface area (Å²) in [6, 6.07) is 4.93. The molecular weight excluding hydrogens is 242 g/mol. The third kappa shape index (κ3) is 3.25. The number of hydrogen-bond acceptors (Lipinski definition) is 5. The molecule has 2 rings (SSSR count). The summed E-state index contributed by atoms with van der Waals surface area (Å²) >= 11 is 0. The highest BCUT2D eigenvalue weighted by Gasteiger charge is 2.11. The van der Waals surface area contributed by atoms with E-state index in [1.54, 1.807) is 24.5 Å². The van der Waals surface area contributed by atoms with Crippen LogP contribution in [-0.2, 0) is 0 Å². The van der Waals surface area contributed by atoms with Gasteiger partial charge < -0.3 is 5.73 Å². The molecule has 0 unspecified atom stereocenters. The first-order valence-electron chi connectivity index (χ1n) is 5.92. The molecule has 2 heterocycles. The number of nitrogen functional groups attached to an aromatic ring is 1. The van der Waals surface area contributed by atoms with Crippen molar-refractivity contribution in [2.45, 2.75) is 19.8 Å².